The first-order valence-corrected chi connectivity index (χ1v) is 5.86. The van der Waals surface area contributed by atoms with E-state index in [4.69, 9.17) is 4.74 Å². The van der Waals surface area contributed by atoms with Crippen molar-refractivity contribution in [3.8, 4) is 11.5 Å². The van der Waals surface area contributed by atoms with E-state index in [1.807, 2.05) is 20.8 Å². The Morgan fingerprint density at radius 1 is 1.19 bits per heavy atom. The van der Waals surface area contributed by atoms with Crippen molar-refractivity contribution >= 4 is 0 Å². The van der Waals surface area contributed by atoms with Crippen LogP contribution in [0.25, 0.3) is 0 Å². The molecule has 2 heteroatoms. The molecule has 0 unspecified atom stereocenters. The summed E-state index contributed by atoms with van der Waals surface area (Å²) in [5.74, 6) is 1.93. The SMILES string of the molecule is Cc1cc(O)c(C)c(C)c1OCCC(C)C. The molecule has 0 aromatic heterocycles. The van der Waals surface area contributed by atoms with Gasteiger partial charge in [-0.2, -0.15) is 0 Å². The van der Waals surface area contributed by atoms with E-state index in [-0.39, 0.29) is 0 Å². The van der Waals surface area contributed by atoms with Gasteiger partial charge in [-0.1, -0.05) is 13.8 Å². The molecule has 16 heavy (non-hydrogen) atoms. The van der Waals surface area contributed by atoms with Crippen LogP contribution < -0.4 is 4.74 Å². The number of aryl methyl sites for hydroxylation is 1. The van der Waals surface area contributed by atoms with Gasteiger partial charge in [0.05, 0.1) is 6.61 Å². The highest BCUT2D eigenvalue weighted by Crippen LogP contribution is 2.32. The van der Waals surface area contributed by atoms with E-state index in [0.29, 0.717) is 11.7 Å². The number of benzene rings is 1. The molecule has 0 aliphatic carbocycles. The van der Waals surface area contributed by atoms with Crippen LogP contribution in [-0.2, 0) is 0 Å². The van der Waals surface area contributed by atoms with Crippen LogP contribution in [0.5, 0.6) is 11.5 Å². The molecule has 0 radical (unpaired) electrons. The highest BCUT2D eigenvalue weighted by molar-refractivity contribution is 5.51. The van der Waals surface area contributed by atoms with Crippen molar-refractivity contribution in [2.24, 2.45) is 5.92 Å². The summed E-state index contributed by atoms with van der Waals surface area (Å²) in [5.41, 5.74) is 2.95. The summed E-state index contributed by atoms with van der Waals surface area (Å²) in [6.45, 7) is 11.0. The Hall–Kier alpha value is -1.18. The topological polar surface area (TPSA) is 29.5 Å². The van der Waals surface area contributed by atoms with Crippen molar-refractivity contribution in [1.29, 1.82) is 0 Å². The molecule has 0 aliphatic rings. The molecule has 0 fully saturated rings. The van der Waals surface area contributed by atoms with Crippen molar-refractivity contribution in [2.45, 2.75) is 41.0 Å². The average molecular weight is 222 g/mol. The highest BCUT2D eigenvalue weighted by atomic mass is 16.5. The van der Waals surface area contributed by atoms with Crippen molar-refractivity contribution in [2.75, 3.05) is 6.61 Å². The van der Waals surface area contributed by atoms with Crippen molar-refractivity contribution < 1.29 is 9.84 Å². The Bertz CT molecular complexity index is 367. The van der Waals surface area contributed by atoms with Gasteiger partial charge in [-0.25, -0.2) is 0 Å². The average Bonchev–Trinajstić information content (AvgIpc) is 2.19. The second-order valence-corrected chi connectivity index (χ2v) is 4.82. The fourth-order valence-electron chi connectivity index (χ4n) is 1.66. The highest BCUT2D eigenvalue weighted by Gasteiger charge is 2.10. The third-order valence-corrected chi connectivity index (χ3v) is 2.94. The van der Waals surface area contributed by atoms with Gasteiger partial charge < -0.3 is 9.84 Å². The predicted octanol–water partition coefficient (Wildman–Crippen LogP) is 3.74. The lowest BCUT2D eigenvalue weighted by molar-refractivity contribution is 0.285. The number of aromatic hydroxyl groups is 1. The second kappa shape index (κ2) is 5.24. The maximum atomic E-state index is 9.66. The Labute approximate surface area is 98.3 Å². The zero-order chi connectivity index (χ0) is 12.3. The molecule has 0 atom stereocenters. The first-order valence-electron chi connectivity index (χ1n) is 5.86. The summed E-state index contributed by atoms with van der Waals surface area (Å²) in [6.07, 6.45) is 1.05. The lowest BCUT2D eigenvalue weighted by Crippen LogP contribution is -2.04. The minimum absolute atomic E-state index is 0.353. The molecule has 0 aliphatic heterocycles. The molecule has 0 amide bonds. The molecule has 1 aromatic rings. The lowest BCUT2D eigenvalue weighted by atomic mass is 10.0. The van der Waals surface area contributed by atoms with Crippen molar-refractivity contribution in [3.63, 3.8) is 0 Å². The first kappa shape index (κ1) is 12.9. The Morgan fingerprint density at radius 3 is 2.38 bits per heavy atom. The number of ether oxygens (including phenoxy) is 1. The number of phenols is 1. The van der Waals surface area contributed by atoms with Crippen LogP contribution in [-0.4, -0.2) is 11.7 Å². The minimum atomic E-state index is 0.353. The molecule has 1 rings (SSSR count). The molecule has 0 saturated carbocycles. The largest absolute Gasteiger partial charge is 0.508 e. The number of hydrogen-bond acceptors (Lipinski definition) is 2. The second-order valence-electron chi connectivity index (χ2n) is 4.82. The van der Waals surface area contributed by atoms with Gasteiger partial charge in [-0.3, -0.25) is 0 Å². The van der Waals surface area contributed by atoms with Crippen LogP contribution in [0.1, 0.15) is 37.0 Å². The van der Waals surface area contributed by atoms with Gasteiger partial charge in [-0.05, 0) is 55.9 Å². The summed E-state index contributed by atoms with van der Waals surface area (Å²) in [4.78, 5) is 0. The van der Waals surface area contributed by atoms with E-state index in [2.05, 4.69) is 13.8 Å². The summed E-state index contributed by atoms with van der Waals surface area (Å²) in [6, 6.07) is 1.77. The van der Waals surface area contributed by atoms with Crippen LogP contribution >= 0.6 is 0 Å². The van der Waals surface area contributed by atoms with Crippen molar-refractivity contribution in [1.82, 2.24) is 0 Å². The third-order valence-electron chi connectivity index (χ3n) is 2.94. The summed E-state index contributed by atoms with van der Waals surface area (Å²) in [7, 11) is 0. The number of hydrogen-bond donors (Lipinski definition) is 1. The van der Waals surface area contributed by atoms with E-state index in [0.717, 1.165) is 35.5 Å². The zero-order valence-corrected chi connectivity index (χ0v) is 10.9. The summed E-state index contributed by atoms with van der Waals surface area (Å²) >= 11 is 0. The molecule has 0 heterocycles. The van der Waals surface area contributed by atoms with Gasteiger partial charge in [0.25, 0.3) is 0 Å². The Kier molecular flexibility index (Phi) is 4.22. The van der Waals surface area contributed by atoms with Crippen LogP contribution in [0.15, 0.2) is 6.07 Å². The van der Waals surface area contributed by atoms with Gasteiger partial charge in [0.2, 0.25) is 0 Å². The molecule has 1 aromatic carbocycles. The number of rotatable bonds is 4. The Morgan fingerprint density at radius 2 is 1.81 bits per heavy atom. The maximum Gasteiger partial charge on any atom is 0.125 e. The van der Waals surface area contributed by atoms with Gasteiger partial charge in [0.1, 0.15) is 11.5 Å². The zero-order valence-electron chi connectivity index (χ0n) is 10.9. The van der Waals surface area contributed by atoms with Crippen LogP contribution in [0, 0.1) is 26.7 Å². The molecule has 90 valence electrons. The van der Waals surface area contributed by atoms with Crippen LogP contribution in [0.2, 0.25) is 0 Å². The van der Waals surface area contributed by atoms with Crippen LogP contribution in [0.4, 0.5) is 0 Å². The quantitative estimate of drug-likeness (QED) is 0.840. The molecule has 0 bridgehead atoms. The van der Waals surface area contributed by atoms with Gasteiger partial charge >= 0.3 is 0 Å². The van der Waals surface area contributed by atoms with Gasteiger partial charge in [0.15, 0.2) is 0 Å². The van der Waals surface area contributed by atoms with Gasteiger partial charge in [-0.15, -0.1) is 0 Å². The van der Waals surface area contributed by atoms with Crippen molar-refractivity contribution in [3.05, 3.63) is 22.8 Å². The first-order chi connectivity index (χ1) is 7.43. The lowest BCUT2D eigenvalue weighted by Gasteiger charge is -2.15. The fraction of sp³-hybridized carbons (Fsp3) is 0.571. The predicted molar refractivity (Wildman–Crippen MR) is 67.3 cm³/mol. The van der Waals surface area contributed by atoms with Crippen LogP contribution in [0.3, 0.4) is 0 Å². The maximum absolute atomic E-state index is 9.66. The van der Waals surface area contributed by atoms with E-state index in [1.165, 1.54) is 0 Å². The number of phenolic OH excluding ortho intramolecular Hbond substituents is 1. The van der Waals surface area contributed by atoms with E-state index < -0.39 is 0 Å². The molecular weight excluding hydrogens is 200 g/mol. The minimum Gasteiger partial charge on any atom is -0.508 e. The summed E-state index contributed by atoms with van der Waals surface area (Å²) in [5, 5.41) is 9.66. The third kappa shape index (κ3) is 2.91. The van der Waals surface area contributed by atoms with Gasteiger partial charge in [0, 0.05) is 0 Å². The molecule has 2 nitrogen and oxygen atoms in total. The van der Waals surface area contributed by atoms with E-state index >= 15 is 0 Å². The normalized spacial score (nSPS) is 10.9. The standard InChI is InChI=1S/C14H22O2/c1-9(2)6-7-16-14-10(3)8-13(15)11(4)12(14)5/h8-9,15H,6-7H2,1-5H3. The molecule has 1 N–H and O–H groups in total. The van der Waals surface area contributed by atoms with E-state index in [1.54, 1.807) is 6.07 Å². The molecule has 0 saturated heterocycles. The fourth-order valence-corrected chi connectivity index (χ4v) is 1.66. The van der Waals surface area contributed by atoms with E-state index in [9.17, 15) is 5.11 Å². The molecule has 0 spiro atoms. The monoisotopic (exact) mass is 222 g/mol. The Balaban J connectivity index is 2.84. The smallest absolute Gasteiger partial charge is 0.125 e. The summed E-state index contributed by atoms with van der Waals surface area (Å²) < 4.78 is 5.80. The molecular formula is C14H22O2.